The first-order valence-corrected chi connectivity index (χ1v) is 7.57. The number of carbonyl (C=O) groups is 1. The van der Waals surface area contributed by atoms with Gasteiger partial charge < -0.3 is 9.42 Å². The van der Waals surface area contributed by atoms with E-state index in [0.717, 1.165) is 5.56 Å². The van der Waals surface area contributed by atoms with Crippen molar-refractivity contribution in [1.82, 2.24) is 15.0 Å². The molecule has 6 heteroatoms. The van der Waals surface area contributed by atoms with E-state index in [-0.39, 0.29) is 5.91 Å². The van der Waals surface area contributed by atoms with Gasteiger partial charge in [-0.05, 0) is 37.6 Å². The van der Waals surface area contributed by atoms with Gasteiger partial charge >= 0.3 is 0 Å². The molecule has 0 bridgehead atoms. The number of aryl methyl sites for hydroxylation is 2. The Morgan fingerprint density at radius 1 is 1.30 bits per heavy atom. The second-order valence-corrected chi connectivity index (χ2v) is 5.99. The average molecular weight is 330 g/mol. The summed E-state index contributed by atoms with van der Waals surface area (Å²) in [6, 6.07) is 9.23. The lowest BCUT2D eigenvalue weighted by Gasteiger charge is -2.18. The normalized spacial score (nSPS) is 11.0. The van der Waals surface area contributed by atoms with E-state index < -0.39 is 0 Å². The maximum absolute atomic E-state index is 12.8. The fraction of sp³-hybridized carbons (Fsp3) is 0.235. The maximum Gasteiger partial charge on any atom is 0.258 e. The van der Waals surface area contributed by atoms with Gasteiger partial charge in [-0.2, -0.15) is 0 Å². The van der Waals surface area contributed by atoms with Gasteiger partial charge in [-0.15, -0.1) is 0 Å². The second kappa shape index (κ2) is 6.01. The van der Waals surface area contributed by atoms with Crippen LogP contribution in [0.4, 0.5) is 0 Å². The molecule has 1 amide bonds. The zero-order chi connectivity index (χ0) is 16.6. The number of benzene rings is 1. The number of amides is 1. The minimum Gasteiger partial charge on any atom is -0.337 e. The van der Waals surface area contributed by atoms with Crippen molar-refractivity contribution < 1.29 is 9.32 Å². The lowest BCUT2D eigenvalue weighted by atomic mass is 10.1. The Morgan fingerprint density at radius 3 is 2.83 bits per heavy atom. The van der Waals surface area contributed by atoms with Gasteiger partial charge in [0, 0.05) is 24.3 Å². The van der Waals surface area contributed by atoms with Crippen molar-refractivity contribution in [2.45, 2.75) is 20.4 Å². The molecule has 0 aliphatic carbocycles. The number of fused-ring (bicyclic) bond motifs is 1. The maximum atomic E-state index is 12.8. The fourth-order valence-corrected chi connectivity index (χ4v) is 2.79. The smallest absolute Gasteiger partial charge is 0.258 e. The van der Waals surface area contributed by atoms with Crippen LogP contribution in [0.5, 0.6) is 0 Å². The van der Waals surface area contributed by atoms with E-state index in [0.29, 0.717) is 39.6 Å². The predicted molar refractivity (Wildman–Crippen MR) is 88.5 cm³/mol. The van der Waals surface area contributed by atoms with Crippen molar-refractivity contribution in [3.63, 3.8) is 0 Å². The van der Waals surface area contributed by atoms with Gasteiger partial charge in [-0.25, -0.2) is 4.98 Å². The highest BCUT2D eigenvalue weighted by molar-refractivity contribution is 6.30. The Kier molecular flexibility index (Phi) is 4.05. The van der Waals surface area contributed by atoms with Gasteiger partial charge in [0.05, 0.1) is 16.6 Å². The van der Waals surface area contributed by atoms with Crippen LogP contribution in [0.25, 0.3) is 11.1 Å². The molecule has 0 atom stereocenters. The number of rotatable bonds is 3. The number of pyridine rings is 1. The van der Waals surface area contributed by atoms with Crippen molar-refractivity contribution in [3.05, 3.63) is 57.9 Å². The molecule has 5 nitrogen and oxygen atoms in total. The SMILES string of the molecule is Cc1cc(C(=O)N(C)Cc2cccc(Cl)c2)c2c(C)noc2n1. The molecule has 0 saturated heterocycles. The summed E-state index contributed by atoms with van der Waals surface area (Å²) in [6.45, 7) is 4.09. The third-order valence-electron chi connectivity index (χ3n) is 3.63. The highest BCUT2D eigenvalue weighted by Gasteiger charge is 2.20. The Labute approximate surface area is 138 Å². The lowest BCUT2D eigenvalue weighted by molar-refractivity contribution is 0.0787. The Hall–Kier alpha value is -2.40. The predicted octanol–water partition coefficient (Wildman–Crippen LogP) is 3.77. The summed E-state index contributed by atoms with van der Waals surface area (Å²) in [5, 5.41) is 5.23. The van der Waals surface area contributed by atoms with Gasteiger partial charge in [0.1, 0.15) is 0 Å². The molecule has 0 radical (unpaired) electrons. The molecule has 0 aliphatic rings. The summed E-state index contributed by atoms with van der Waals surface area (Å²) < 4.78 is 5.18. The van der Waals surface area contributed by atoms with Gasteiger partial charge in [0.15, 0.2) is 0 Å². The number of aromatic nitrogens is 2. The van der Waals surface area contributed by atoms with Gasteiger partial charge in [-0.3, -0.25) is 4.79 Å². The first-order valence-electron chi connectivity index (χ1n) is 7.19. The van der Waals surface area contributed by atoms with Crippen molar-refractivity contribution in [1.29, 1.82) is 0 Å². The molecule has 0 unspecified atom stereocenters. The van der Waals surface area contributed by atoms with Crippen molar-refractivity contribution in [2.24, 2.45) is 0 Å². The lowest BCUT2D eigenvalue weighted by Crippen LogP contribution is -2.26. The summed E-state index contributed by atoms with van der Waals surface area (Å²) in [5.74, 6) is -0.105. The quantitative estimate of drug-likeness (QED) is 0.734. The molecule has 0 fully saturated rings. The van der Waals surface area contributed by atoms with Crippen LogP contribution >= 0.6 is 11.6 Å². The zero-order valence-corrected chi connectivity index (χ0v) is 13.9. The van der Waals surface area contributed by atoms with Crippen LogP contribution in [0.3, 0.4) is 0 Å². The molecule has 3 rings (SSSR count). The van der Waals surface area contributed by atoms with Crippen molar-refractivity contribution in [2.75, 3.05) is 7.05 Å². The Bertz CT molecular complexity index is 889. The molecule has 23 heavy (non-hydrogen) atoms. The van der Waals surface area contributed by atoms with E-state index in [9.17, 15) is 4.79 Å². The van der Waals surface area contributed by atoms with E-state index in [2.05, 4.69) is 10.1 Å². The van der Waals surface area contributed by atoms with Crippen LogP contribution in [0.15, 0.2) is 34.9 Å². The molecule has 0 aliphatic heterocycles. The van der Waals surface area contributed by atoms with Crippen LogP contribution in [-0.4, -0.2) is 28.0 Å². The van der Waals surface area contributed by atoms with Crippen molar-refractivity contribution >= 4 is 28.6 Å². The summed E-state index contributed by atoms with van der Waals surface area (Å²) in [7, 11) is 1.76. The third-order valence-corrected chi connectivity index (χ3v) is 3.87. The van der Waals surface area contributed by atoms with Crippen LogP contribution in [-0.2, 0) is 6.54 Å². The molecule has 2 heterocycles. The number of hydrogen-bond acceptors (Lipinski definition) is 4. The van der Waals surface area contributed by atoms with E-state index >= 15 is 0 Å². The highest BCUT2D eigenvalue weighted by Crippen LogP contribution is 2.23. The molecule has 2 aromatic heterocycles. The molecule has 118 valence electrons. The third kappa shape index (κ3) is 3.05. The standard InChI is InChI=1S/C17H16ClN3O2/c1-10-7-14(15-11(2)20-23-16(15)19-10)17(22)21(3)9-12-5-4-6-13(18)8-12/h4-8H,9H2,1-3H3. The Morgan fingerprint density at radius 2 is 2.09 bits per heavy atom. The summed E-state index contributed by atoms with van der Waals surface area (Å²) >= 11 is 6.00. The zero-order valence-electron chi connectivity index (χ0n) is 13.1. The second-order valence-electron chi connectivity index (χ2n) is 5.55. The van der Waals surface area contributed by atoms with Gasteiger partial charge in [0.25, 0.3) is 11.6 Å². The van der Waals surface area contributed by atoms with E-state index in [1.807, 2.05) is 31.2 Å². The Balaban J connectivity index is 1.95. The number of nitrogens with zero attached hydrogens (tertiary/aromatic N) is 3. The highest BCUT2D eigenvalue weighted by atomic mass is 35.5. The average Bonchev–Trinajstić information content (AvgIpc) is 2.87. The largest absolute Gasteiger partial charge is 0.337 e. The number of carbonyl (C=O) groups excluding carboxylic acids is 1. The van der Waals surface area contributed by atoms with E-state index in [4.69, 9.17) is 16.1 Å². The van der Waals surface area contributed by atoms with E-state index in [1.54, 1.807) is 24.9 Å². The van der Waals surface area contributed by atoms with Crippen molar-refractivity contribution in [3.8, 4) is 0 Å². The van der Waals surface area contributed by atoms with Gasteiger partial charge in [-0.1, -0.05) is 28.9 Å². The topological polar surface area (TPSA) is 59.2 Å². The minimum absolute atomic E-state index is 0.105. The minimum atomic E-state index is -0.105. The molecule has 0 spiro atoms. The number of hydrogen-bond donors (Lipinski definition) is 0. The van der Waals surface area contributed by atoms with Crippen LogP contribution in [0, 0.1) is 13.8 Å². The fourth-order valence-electron chi connectivity index (χ4n) is 2.57. The molecule has 3 aromatic rings. The molecule has 0 saturated carbocycles. The molecular weight excluding hydrogens is 314 g/mol. The summed E-state index contributed by atoms with van der Waals surface area (Å²) in [5.41, 5.74) is 3.29. The first-order chi connectivity index (χ1) is 11.0. The van der Waals surface area contributed by atoms with Crippen LogP contribution < -0.4 is 0 Å². The van der Waals surface area contributed by atoms with Crippen LogP contribution in [0.1, 0.15) is 27.3 Å². The first kappa shape index (κ1) is 15.5. The summed E-state index contributed by atoms with van der Waals surface area (Å²) in [6.07, 6.45) is 0. The molecular formula is C17H16ClN3O2. The van der Waals surface area contributed by atoms with E-state index in [1.165, 1.54) is 0 Å². The summed E-state index contributed by atoms with van der Waals surface area (Å²) in [4.78, 5) is 18.8. The van der Waals surface area contributed by atoms with Gasteiger partial charge in [0.2, 0.25) is 0 Å². The molecule has 1 aromatic carbocycles. The monoisotopic (exact) mass is 329 g/mol. The number of halogens is 1. The van der Waals surface area contributed by atoms with Crippen LogP contribution in [0.2, 0.25) is 5.02 Å². The molecule has 0 N–H and O–H groups in total.